The summed E-state index contributed by atoms with van der Waals surface area (Å²) in [4.78, 5) is 22.1. The number of H-pyrrole nitrogens is 1. The molecule has 1 N–H and O–H groups in total. The van der Waals surface area contributed by atoms with E-state index in [4.69, 9.17) is 0 Å². The lowest BCUT2D eigenvalue weighted by atomic mass is 9.99. The number of fused-ring (bicyclic) bond motifs is 1. The fourth-order valence-corrected chi connectivity index (χ4v) is 3.95. The minimum atomic E-state index is 0.219. The van der Waals surface area contributed by atoms with Gasteiger partial charge in [0.05, 0.1) is 0 Å². The van der Waals surface area contributed by atoms with E-state index >= 15 is 0 Å². The van der Waals surface area contributed by atoms with Crippen LogP contribution in [0, 0.1) is 0 Å². The first-order valence-electron chi connectivity index (χ1n) is 8.85. The molecule has 0 spiro atoms. The summed E-state index contributed by atoms with van der Waals surface area (Å²) in [5.74, 6) is 0.219. The Morgan fingerprint density at radius 3 is 2.92 bits per heavy atom. The van der Waals surface area contributed by atoms with Crippen molar-refractivity contribution >= 4 is 38.4 Å². The third kappa shape index (κ3) is 3.44. The lowest BCUT2D eigenvalue weighted by Crippen LogP contribution is -2.34. The van der Waals surface area contributed by atoms with Crippen LogP contribution in [0.25, 0.3) is 16.6 Å². The van der Waals surface area contributed by atoms with Crippen molar-refractivity contribution in [3.63, 3.8) is 0 Å². The summed E-state index contributed by atoms with van der Waals surface area (Å²) in [7, 11) is 0. The van der Waals surface area contributed by atoms with Gasteiger partial charge >= 0.3 is 0 Å². The van der Waals surface area contributed by atoms with E-state index in [9.17, 15) is 4.79 Å². The number of aromatic nitrogens is 2. The quantitative estimate of drug-likeness (QED) is 0.685. The number of carbonyl (C=O) groups is 1. The van der Waals surface area contributed by atoms with E-state index < -0.39 is 0 Å². The van der Waals surface area contributed by atoms with Gasteiger partial charge in [0.2, 0.25) is 5.91 Å². The maximum absolute atomic E-state index is 12.6. The van der Waals surface area contributed by atoms with Gasteiger partial charge < -0.3 is 9.88 Å². The van der Waals surface area contributed by atoms with Crippen molar-refractivity contribution in [3.05, 3.63) is 70.5 Å². The van der Waals surface area contributed by atoms with Gasteiger partial charge in [-0.1, -0.05) is 40.2 Å². The molecule has 0 atom stereocenters. The van der Waals surface area contributed by atoms with Crippen LogP contribution in [0.3, 0.4) is 0 Å². The molecule has 0 unspecified atom stereocenters. The van der Waals surface area contributed by atoms with Crippen LogP contribution in [-0.4, -0.2) is 33.9 Å². The number of aryl methyl sites for hydroxylation is 1. The first kappa shape index (κ1) is 17.0. The second-order valence-corrected chi connectivity index (χ2v) is 7.37. The van der Waals surface area contributed by atoms with Crippen LogP contribution in [0.15, 0.2) is 59.3 Å². The highest BCUT2D eigenvalue weighted by molar-refractivity contribution is 9.10. The van der Waals surface area contributed by atoms with E-state index in [-0.39, 0.29) is 5.91 Å². The summed E-state index contributed by atoms with van der Waals surface area (Å²) in [5.41, 5.74) is 4.59. The predicted molar refractivity (Wildman–Crippen MR) is 108 cm³/mol. The van der Waals surface area contributed by atoms with E-state index in [0.29, 0.717) is 13.0 Å². The molecule has 0 fully saturated rings. The van der Waals surface area contributed by atoms with E-state index in [2.05, 4.69) is 44.1 Å². The van der Waals surface area contributed by atoms with Crippen molar-refractivity contribution in [2.24, 2.45) is 0 Å². The van der Waals surface area contributed by atoms with Gasteiger partial charge in [-0.05, 0) is 42.2 Å². The molecule has 1 aliphatic rings. The molecule has 1 aromatic carbocycles. The van der Waals surface area contributed by atoms with E-state index in [1.807, 2.05) is 35.4 Å². The second-order valence-electron chi connectivity index (χ2n) is 6.51. The number of hydrogen-bond acceptors (Lipinski definition) is 2. The van der Waals surface area contributed by atoms with Crippen molar-refractivity contribution < 1.29 is 4.79 Å². The van der Waals surface area contributed by atoms with Crippen LogP contribution in [0.4, 0.5) is 0 Å². The summed E-state index contributed by atoms with van der Waals surface area (Å²) >= 11 is 3.55. The molecule has 4 rings (SSSR count). The molecule has 3 aromatic rings. The van der Waals surface area contributed by atoms with Gasteiger partial charge in [-0.25, -0.2) is 4.98 Å². The Balaban J connectivity index is 1.41. The largest absolute Gasteiger partial charge is 0.346 e. The Bertz CT molecular complexity index is 976. The number of pyridine rings is 1. The number of carbonyl (C=O) groups excluding carboxylic acids is 1. The van der Waals surface area contributed by atoms with Crippen LogP contribution >= 0.6 is 15.9 Å². The number of nitrogens with one attached hydrogen (secondary N) is 1. The lowest BCUT2D eigenvalue weighted by Gasteiger charge is -2.26. The van der Waals surface area contributed by atoms with Crippen LogP contribution in [0.2, 0.25) is 0 Å². The average Bonchev–Trinajstić information content (AvgIpc) is 3.11. The average molecular weight is 410 g/mol. The van der Waals surface area contributed by atoms with E-state index in [0.717, 1.165) is 34.9 Å². The maximum atomic E-state index is 12.6. The molecule has 5 heteroatoms. The number of rotatable bonds is 4. The molecule has 0 saturated heterocycles. The number of amides is 1. The summed E-state index contributed by atoms with van der Waals surface area (Å²) in [6.45, 7) is 1.45. The van der Waals surface area contributed by atoms with Crippen molar-refractivity contribution in [2.75, 3.05) is 13.1 Å². The first-order chi connectivity index (χ1) is 12.7. The molecule has 0 aliphatic carbocycles. The minimum Gasteiger partial charge on any atom is -0.346 e. The van der Waals surface area contributed by atoms with E-state index in [1.165, 1.54) is 16.7 Å². The first-order valence-corrected chi connectivity index (χ1v) is 9.64. The van der Waals surface area contributed by atoms with Crippen molar-refractivity contribution in [2.45, 2.75) is 19.3 Å². The van der Waals surface area contributed by atoms with Crippen LogP contribution < -0.4 is 0 Å². The molecule has 2 aromatic heterocycles. The molecule has 3 heterocycles. The summed E-state index contributed by atoms with van der Waals surface area (Å²) in [6.07, 6.45) is 8.18. The fraction of sp³-hybridized carbons (Fsp3) is 0.238. The normalized spacial score (nSPS) is 14.5. The summed E-state index contributed by atoms with van der Waals surface area (Å²) in [6, 6.07) is 12.1. The molecule has 0 radical (unpaired) electrons. The Morgan fingerprint density at radius 1 is 1.23 bits per heavy atom. The molecule has 0 bridgehead atoms. The summed E-state index contributed by atoms with van der Waals surface area (Å²) in [5, 5.41) is 1.15. The molecular formula is C21H20BrN3O. The SMILES string of the molecule is O=C(CCc1ccccc1Br)N1CC=C(c2c[nH]c3ncccc23)CC1. The van der Waals surface area contributed by atoms with Gasteiger partial charge in [0.15, 0.2) is 0 Å². The minimum absolute atomic E-state index is 0.219. The van der Waals surface area contributed by atoms with Crippen molar-refractivity contribution in [1.82, 2.24) is 14.9 Å². The highest BCUT2D eigenvalue weighted by Crippen LogP contribution is 2.28. The van der Waals surface area contributed by atoms with Gasteiger partial charge in [-0.2, -0.15) is 0 Å². The lowest BCUT2D eigenvalue weighted by molar-refractivity contribution is -0.130. The maximum Gasteiger partial charge on any atom is 0.223 e. The number of halogens is 1. The van der Waals surface area contributed by atoms with Gasteiger partial charge in [-0.3, -0.25) is 4.79 Å². The monoisotopic (exact) mass is 409 g/mol. The second kappa shape index (κ2) is 7.46. The number of benzene rings is 1. The standard InChI is InChI=1S/C21H20BrN3O/c22-19-6-2-1-4-16(19)7-8-20(26)25-12-9-15(10-13-25)18-14-24-21-17(18)5-3-11-23-21/h1-6,9,11,14H,7-8,10,12-13H2,(H,23,24). The smallest absolute Gasteiger partial charge is 0.223 e. The Hall–Kier alpha value is -2.40. The van der Waals surface area contributed by atoms with Crippen molar-refractivity contribution in [1.29, 1.82) is 0 Å². The van der Waals surface area contributed by atoms with Gasteiger partial charge in [-0.15, -0.1) is 0 Å². The molecule has 26 heavy (non-hydrogen) atoms. The van der Waals surface area contributed by atoms with E-state index in [1.54, 1.807) is 6.20 Å². The number of nitrogens with zero attached hydrogens (tertiary/aromatic N) is 2. The highest BCUT2D eigenvalue weighted by Gasteiger charge is 2.19. The van der Waals surface area contributed by atoms with Gasteiger partial charge in [0.25, 0.3) is 0 Å². The topological polar surface area (TPSA) is 49.0 Å². The zero-order chi connectivity index (χ0) is 17.9. The molecule has 132 valence electrons. The predicted octanol–water partition coefficient (Wildman–Crippen LogP) is 4.57. The number of aromatic amines is 1. The Labute approximate surface area is 161 Å². The van der Waals surface area contributed by atoms with Crippen LogP contribution in [-0.2, 0) is 11.2 Å². The summed E-state index contributed by atoms with van der Waals surface area (Å²) < 4.78 is 1.07. The molecule has 1 amide bonds. The highest BCUT2D eigenvalue weighted by atomic mass is 79.9. The van der Waals surface area contributed by atoms with Crippen molar-refractivity contribution in [3.8, 4) is 0 Å². The van der Waals surface area contributed by atoms with Crippen LogP contribution in [0.5, 0.6) is 0 Å². The van der Waals surface area contributed by atoms with Gasteiger partial charge in [0, 0.05) is 47.3 Å². The Kier molecular flexibility index (Phi) is 4.89. The number of hydrogen-bond donors (Lipinski definition) is 1. The fourth-order valence-electron chi connectivity index (χ4n) is 3.46. The zero-order valence-corrected chi connectivity index (χ0v) is 16.0. The molecule has 0 saturated carbocycles. The third-order valence-electron chi connectivity index (χ3n) is 4.92. The molecular weight excluding hydrogens is 390 g/mol. The van der Waals surface area contributed by atoms with Crippen LogP contribution in [0.1, 0.15) is 24.0 Å². The zero-order valence-electron chi connectivity index (χ0n) is 14.4. The molecule has 4 nitrogen and oxygen atoms in total. The Morgan fingerprint density at radius 2 is 2.12 bits per heavy atom. The van der Waals surface area contributed by atoms with Gasteiger partial charge in [0.1, 0.15) is 5.65 Å². The third-order valence-corrected chi connectivity index (χ3v) is 5.70. The molecule has 1 aliphatic heterocycles.